The number of carbonyl (C=O) groups is 2. The topological polar surface area (TPSA) is 61.9 Å². The number of amides is 2. The number of rotatable bonds is 7. The zero-order valence-electron chi connectivity index (χ0n) is 19.7. The Bertz CT molecular complexity index is 1060. The smallest absolute Gasteiger partial charge is 0.234 e. The fourth-order valence-electron chi connectivity index (χ4n) is 4.63. The van der Waals surface area contributed by atoms with Crippen molar-refractivity contribution in [3.63, 3.8) is 0 Å². The number of hydrogen-bond donors (Lipinski definition) is 1. The maximum Gasteiger partial charge on any atom is 0.234 e. The van der Waals surface area contributed by atoms with Crippen LogP contribution in [0, 0.1) is 0 Å². The fourth-order valence-corrected chi connectivity index (χ4v) is 4.63. The third-order valence-electron chi connectivity index (χ3n) is 6.31. The number of benzene rings is 3. The minimum absolute atomic E-state index is 0.0215. The van der Waals surface area contributed by atoms with Crippen LogP contribution in [0.5, 0.6) is 5.75 Å². The SMILES string of the molecule is COc1ccccc1[C@H]1CN(CC(=O)NC(c2ccccc2)c2ccccc2)CCN1C(C)=O. The van der Waals surface area contributed by atoms with Gasteiger partial charge in [-0.25, -0.2) is 0 Å². The summed E-state index contributed by atoms with van der Waals surface area (Å²) < 4.78 is 5.56. The van der Waals surface area contributed by atoms with Crippen molar-refractivity contribution in [2.45, 2.75) is 19.0 Å². The van der Waals surface area contributed by atoms with Crippen molar-refractivity contribution >= 4 is 11.8 Å². The van der Waals surface area contributed by atoms with E-state index in [9.17, 15) is 9.59 Å². The molecule has 0 aromatic heterocycles. The Kier molecular flexibility index (Phi) is 7.60. The predicted molar refractivity (Wildman–Crippen MR) is 132 cm³/mol. The normalized spacial score (nSPS) is 16.3. The highest BCUT2D eigenvalue weighted by atomic mass is 16.5. The summed E-state index contributed by atoms with van der Waals surface area (Å²) in [6.45, 7) is 3.61. The minimum Gasteiger partial charge on any atom is -0.496 e. The molecular weight excluding hydrogens is 426 g/mol. The molecule has 0 radical (unpaired) electrons. The van der Waals surface area contributed by atoms with Crippen LogP contribution in [0.15, 0.2) is 84.9 Å². The highest BCUT2D eigenvalue weighted by Crippen LogP contribution is 2.32. The molecule has 0 unspecified atom stereocenters. The van der Waals surface area contributed by atoms with Gasteiger partial charge < -0.3 is 15.0 Å². The number of piperazine rings is 1. The molecule has 176 valence electrons. The first-order valence-electron chi connectivity index (χ1n) is 11.6. The maximum atomic E-state index is 13.2. The van der Waals surface area contributed by atoms with Crippen LogP contribution < -0.4 is 10.1 Å². The summed E-state index contributed by atoms with van der Waals surface area (Å²) in [4.78, 5) is 29.5. The first-order valence-corrected chi connectivity index (χ1v) is 11.6. The summed E-state index contributed by atoms with van der Waals surface area (Å²) in [6.07, 6.45) is 0. The number of para-hydroxylation sites is 1. The summed E-state index contributed by atoms with van der Waals surface area (Å²) in [5.41, 5.74) is 3.03. The van der Waals surface area contributed by atoms with E-state index in [1.165, 1.54) is 0 Å². The molecule has 0 spiro atoms. The average Bonchev–Trinajstić information content (AvgIpc) is 2.88. The molecule has 1 atom stereocenters. The van der Waals surface area contributed by atoms with E-state index in [2.05, 4.69) is 10.2 Å². The first-order chi connectivity index (χ1) is 16.6. The fraction of sp³-hybridized carbons (Fsp3) is 0.286. The van der Waals surface area contributed by atoms with Gasteiger partial charge in [0.25, 0.3) is 0 Å². The molecule has 6 heteroatoms. The van der Waals surface area contributed by atoms with Crippen molar-refractivity contribution in [2.24, 2.45) is 0 Å². The molecule has 0 aliphatic carbocycles. The van der Waals surface area contributed by atoms with Crippen molar-refractivity contribution in [2.75, 3.05) is 33.3 Å². The van der Waals surface area contributed by atoms with Crippen molar-refractivity contribution in [1.82, 2.24) is 15.1 Å². The van der Waals surface area contributed by atoms with Gasteiger partial charge in [-0.15, -0.1) is 0 Å². The molecule has 34 heavy (non-hydrogen) atoms. The molecule has 3 aromatic carbocycles. The molecular formula is C28H31N3O3. The minimum atomic E-state index is -0.224. The molecule has 1 aliphatic rings. The molecule has 1 fully saturated rings. The molecule has 0 bridgehead atoms. The third kappa shape index (κ3) is 5.46. The lowest BCUT2D eigenvalue weighted by Crippen LogP contribution is -2.52. The van der Waals surface area contributed by atoms with Crippen molar-refractivity contribution in [3.8, 4) is 5.75 Å². The second-order valence-corrected chi connectivity index (χ2v) is 8.53. The van der Waals surface area contributed by atoms with E-state index in [1.807, 2.05) is 89.8 Å². The van der Waals surface area contributed by atoms with Crippen LogP contribution in [0.1, 0.15) is 35.7 Å². The lowest BCUT2D eigenvalue weighted by molar-refractivity contribution is -0.134. The van der Waals surface area contributed by atoms with Crippen LogP contribution in [0.2, 0.25) is 0 Å². The van der Waals surface area contributed by atoms with Gasteiger partial charge in [0.05, 0.1) is 25.7 Å². The molecule has 0 saturated carbocycles. The Morgan fingerprint density at radius 1 is 0.912 bits per heavy atom. The Hall–Kier alpha value is -3.64. The van der Waals surface area contributed by atoms with E-state index < -0.39 is 0 Å². The number of methoxy groups -OCH3 is 1. The molecule has 6 nitrogen and oxygen atoms in total. The first kappa shape index (κ1) is 23.5. The zero-order valence-corrected chi connectivity index (χ0v) is 19.7. The predicted octanol–water partition coefficient (Wildman–Crippen LogP) is 3.81. The van der Waals surface area contributed by atoms with Crippen LogP contribution in [-0.2, 0) is 9.59 Å². The molecule has 1 aliphatic heterocycles. The number of ether oxygens (including phenoxy) is 1. The summed E-state index contributed by atoms with van der Waals surface area (Å²) in [5.74, 6) is 0.722. The van der Waals surface area contributed by atoms with Gasteiger partial charge in [-0.1, -0.05) is 78.9 Å². The van der Waals surface area contributed by atoms with E-state index >= 15 is 0 Å². The summed E-state index contributed by atoms with van der Waals surface area (Å²) >= 11 is 0. The van der Waals surface area contributed by atoms with Gasteiger partial charge in [-0.2, -0.15) is 0 Å². The van der Waals surface area contributed by atoms with E-state index in [0.717, 1.165) is 22.4 Å². The molecule has 1 heterocycles. The second kappa shape index (κ2) is 11.0. The van der Waals surface area contributed by atoms with Crippen LogP contribution in [-0.4, -0.2) is 54.9 Å². The quantitative estimate of drug-likeness (QED) is 0.586. The highest BCUT2D eigenvalue weighted by molar-refractivity contribution is 5.79. The van der Waals surface area contributed by atoms with Crippen molar-refractivity contribution in [1.29, 1.82) is 0 Å². The van der Waals surface area contributed by atoms with Crippen LogP contribution in [0.4, 0.5) is 0 Å². The van der Waals surface area contributed by atoms with Crippen LogP contribution >= 0.6 is 0 Å². The summed E-state index contributed by atoms with van der Waals surface area (Å²) in [7, 11) is 1.64. The molecule has 4 rings (SSSR count). The largest absolute Gasteiger partial charge is 0.496 e. The Balaban J connectivity index is 1.50. The third-order valence-corrected chi connectivity index (χ3v) is 6.31. The lowest BCUT2D eigenvalue weighted by atomic mass is 9.98. The maximum absolute atomic E-state index is 13.2. The Morgan fingerprint density at radius 3 is 2.09 bits per heavy atom. The Labute approximate surface area is 201 Å². The van der Waals surface area contributed by atoms with Gasteiger partial charge in [-0.3, -0.25) is 14.5 Å². The van der Waals surface area contributed by atoms with Crippen molar-refractivity contribution in [3.05, 3.63) is 102 Å². The molecule has 1 N–H and O–H groups in total. The standard InChI is InChI=1S/C28H31N3O3/c1-21(32)31-18-17-30(19-25(31)24-15-9-10-16-26(24)34-2)20-27(33)29-28(22-11-5-3-6-12-22)23-13-7-4-8-14-23/h3-16,25,28H,17-20H2,1-2H3,(H,29,33)/t25-/m1/s1. The zero-order chi connectivity index (χ0) is 23.9. The van der Waals surface area contributed by atoms with Crippen LogP contribution in [0.25, 0.3) is 0 Å². The summed E-state index contributed by atoms with van der Waals surface area (Å²) in [5, 5.41) is 3.22. The van der Waals surface area contributed by atoms with Gasteiger partial charge in [-0.05, 0) is 17.2 Å². The van der Waals surface area contributed by atoms with Gasteiger partial charge in [0.2, 0.25) is 11.8 Å². The number of nitrogens with zero attached hydrogens (tertiary/aromatic N) is 2. The van der Waals surface area contributed by atoms with E-state index in [4.69, 9.17) is 4.74 Å². The van der Waals surface area contributed by atoms with Gasteiger partial charge in [0, 0.05) is 32.1 Å². The van der Waals surface area contributed by atoms with Crippen LogP contribution in [0.3, 0.4) is 0 Å². The average molecular weight is 458 g/mol. The van der Waals surface area contributed by atoms with E-state index in [0.29, 0.717) is 19.6 Å². The monoisotopic (exact) mass is 457 g/mol. The van der Waals surface area contributed by atoms with E-state index in [1.54, 1.807) is 14.0 Å². The summed E-state index contributed by atoms with van der Waals surface area (Å²) in [6, 6.07) is 27.4. The number of hydrogen-bond acceptors (Lipinski definition) is 4. The molecule has 2 amide bonds. The Morgan fingerprint density at radius 2 is 1.50 bits per heavy atom. The van der Waals surface area contributed by atoms with E-state index in [-0.39, 0.29) is 30.4 Å². The molecule has 1 saturated heterocycles. The second-order valence-electron chi connectivity index (χ2n) is 8.53. The van der Waals surface area contributed by atoms with Gasteiger partial charge in [0.15, 0.2) is 0 Å². The number of carbonyl (C=O) groups excluding carboxylic acids is 2. The van der Waals surface area contributed by atoms with Crippen molar-refractivity contribution < 1.29 is 14.3 Å². The van der Waals surface area contributed by atoms with Gasteiger partial charge >= 0.3 is 0 Å². The lowest BCUT2D eigenvalue weighted by Gasteiger charge is -2.41. The number of nitrogens with one attached hydrogen (secondary N) is 1. The molecule has 3 aromatic rings. The highest BCUT2D eigenvalue weighted by Gasteiger charge is 2.32. The van der Waals surface area contributed by atoms with Gasteiger partial charge in [0.1, 0.15) is 5.75 Å².